The Balaban J connectivity index is 2.09. The number of halogens is 2. The summed E-state index contributed by atoms with van der Waals surface area (Å²) in [7, 11) is 0. The van der Waals surface area contributed by atoms with Crippen LogP contribution < -0.4 is 10.5 Å². The third-order valence-corrected chi connectivity index (χ3v) is 3.93. The lowest BCUT2D eigenvalue weighted by Gasteiger charge is -2.12. The average Bonchev–Trinajstić information content (AvgIpc) is 2.83. The maximum Gasteiger partial charge on any atom is 0.191 e. The molecule has 2 N–H and O–H groups in total. The van der Waals surface area contributed by atoms with Crippen LogP contribution in [-0.2, 0) is 13.0 Å². The van der Waals surface area contributed by atoms with Crippen LogP contribution >= 0.6 is 11.3 Å². The van der Waals surface area contributed by atoms with Gasteiger partial charge in [0.2, 0.25) is 0 Å². The Morgan fingerprint density at radius 2 is 2.00 bits per heavy atom. The molecule has 0 aliphatic heterocycles. The van der Waals surface area contributed by atoms with Crippen molar-refractivity contribution in [2.75, 3.05) is 0 Å². The van der Waals surface area contributed by atoms with E-state index in [0.29, 0.717) is 17.7 Å². The van der Waals surface area contributed by atoms with E-state index in [1.165, 1.54) is 23.5 Å². The van der Waals surface area contributed by atoms with Crippen LogP contribution in [0.15, 0.2) is 17.5 Å². The molecule has 1 unspecified atom stereocenters. The summed E-state index contributed by atoms with van der Waals surface area (Å²) in [6.07, 6.45) is 1.20. The van der Waals surface area contributed by atoms with Crippen molar-refractivity contribution in [1.29, 1.82) is 0 Å². The maximum atomic E-state index is 13.9. The van der Waals surface area contributed by atoms with Crippen LogP contribution in [0.3, 0.4) is 0 Å². The van der Waals surface area contributed by atoms with E-state index in [0.717, 1.165) is 11.4 Å². The molecule has 0 fully saturated rings. The van der Waals surface area contributed by atoms with E-state index in [-0.39, 0.29) is 18.4 Å². The molecule has 21 heavy (non-hydrogen) atoms. The SMILES string of the molecule is CCC(N)Cc1cc(F)c(OCc2csc(C)n2)c(F)c1. The monoisotopic (exact) mass is 312 g/mol. The molecule has 0 amide bonds. The number of nitrogens with two attached hydrogens (primary N) is 1. The highest BCUT2D eigenvalue weighted by Gasteiger charge is 2.14. The number of ether oxygens (including phenoxy) is 1. The summed E-state index contributed by atoms with van der Waals surface area (Å²) in [5, 5.41) is 2.69. The minimum Gasteiger partial charge on any atom is -0.481 e. The first-order valence-electron chi connectivity index (χ1n) is 6.77. The van der Waals surface area contributed by atoms with Crippen molar-refractivity contribution in [2.45, 2.75) is 39.3 Å². The van der Waals surface area contributed by atoms with Crippen LogP contribution in [-0.4, -0.2) is 11.0 Å². The zero-order chi connectivity index (χ0) is 15.4. The number of hydrogen-bond donors (Lipinski definition) is 1. The number of aryl methyl sites for hydroxylation is 1. The minimum absolute atomic E-state index is 0.0476. The molecule has 2 rings (SSSR count). The van der Waals surface area contributed by atoms with Gasteiger partial charge < -0.3 is 10.5 Å². The second kappa shape index (κ2) is 6.95. The molecule has 1 heterocycles. The summed E-state index contributed by atoms with van der Waals surface area (Å²) in [6, 6.07) is 2.45. The standard InChI is InChI=1S/C15H18F2N2OS/c1-3-11(18)4-10-5-13(16)15(14(17)6-10)20-7-12-8-21-9(2)19-12/h5-6,8,11H,3-4,7,18H2,1-2H3. The fourth-order valence-corrected chi connectivity index (χ4v) is 2.53. The molecule has 0 bridgehead atoms. The molecule has 1 aromatic heterocycles. The van der Waals surface area contributed by atoms with E-state index in [1.54, 1.807) is 5.38 Å². The van der Waals surface area contributed by atoms with Gasteiger partial charge in [0, 0.05) is 11.4 Å². The number of rotatable bonds is 6. The first kappa shape index (κ1) is 15.9. The Morgan fingerprint density at radius 1 is 1.33 bits per heavy atom. The lowest BCUT2D eigenvalue weighted by atomic mass is 10.0. The molecule has 3 nitrogen and oxygen atoms in total. The first-order chi connectivity index (χ1) is 9.99. The number of nitrogens with zero attached hydrogens (tertiary/aromatic N) is 1. The highest BCUT2D eigenvalue weighted by molar-refractivity contribution is 7.09. The average molecular weight is 312 g/mol. The van der Waals surface area contributed by atoms with Gasteiger partial charge in [0.05, 0.1) is 10.7 Å². The molecule has 0 aliphatic carbocycles. The number of aromatic nitrogens is 1. The molecule has 0 radical (unpaired) electrons. The van der Waals surface area contributed by atoms with Gasteiger partial charge in [0.15, 0.2) is 17.4 Å². The van der Waals surface area contributed by atoms with Crippen LogP contribution in [0.4, 0.5) is 8.78 Å². The van der Waals surface area contributed by atoms with Gasteiger partial charge in [-0.25, -0.2) is 13.8 Å². The zero-order valence-corrected chi connectivity index (χ0v) is 12.8. The Morgan fingerprint density at radius 3 is 2.52 bits per heavy atom. The lowest BCUT2D eigenvalue weighted by molar-refractivity contribution is 0.270. The van der Waals surface area contributed by atoms with Crippen molar-refractivity contribution in [3.63, 3.8) is 0 Å². The van der Waals surface area contributed by atoms with Crippen molar-refractivity contribution < 1.29 is 13.5 Å². The predicted octanol–water partition coefficient (Wildman–Crippen LogP) is 3.59. The molecule has 2 aromatic rings. The van der Waals surface area contributed by atoms with Gasteiger partial charge in [-0.2, -0.15) is 0 Å². The summed E-state index contributed by atoms with van der Waals surface area (Å²) in [6.45, 7) is 3.85. The van der Waals surface area contributed by atoms with Crippen molar-refractivity contribution in [1.82, 2.24) is 4.98 Å². The quantitative estimate of drug-likeness (QED) is 0.887. The van der Waals surface area contributed by atoms with Crippen molar-refractivity contribution in [2.24, 2.45) is 5.73 Å². The summed E-state index contributed by atoms with van der Waals surface area (Å²) in [5.74, 6) is -1.78. The minimum atomic E-state index is -0.708. The van der Waals surface area contributed by atoms with E-state index in [4.69, 9.17) is 10.5 Å². The van der Waals surface area contributed by atoms with Crippen LogP contribution in [0.2, 0.25) is 0 Å². The maximum absolute atomic E-state index is 13.9. The molecule has 114 valence electrons. The van der Waals surface area contributed by atoms with Crippen molar-refractivity contribution in [3.8, 4) is 5.75 Å². The topological polar surface area (TPSA) is 48.1 Å². The van der Waals surface area contributed by atoms with Crippen LogP contribution in [0.5, 0.6) is 5.75 Å². The van der Waals surface area contributed by atoms with Crippen molar-refractivity contribution >= 4 is 11.3 Å². The molecule has 1 aromatic carbocycles. The first-order valence-corrected chi connectivity index (χ1v) is 7.64. The predicted molar refractivity (Wildman–Crippen MR) is 79.5 cm³/mol. The van der Waals surface area contributed by atoms with Crippen LogP contribution in [0.1, 0.15) is 29.6 Å². The highest BCUT2D eigenvalue weighted by atomic mass is 32.1. The van der Waals surface area contributed by atoms with Gasteiger partial charge in [-0.3, -0.25) is 0 Å². The number of hydrogen-bond acceptors (Lipinski definition) is 4. The molecule has 0 aliphatic rings. The van der Waals surface area contributed by atoms with Gasteiger partial charge in [-0.1, -0.05) is 6.92 Å². The van der Waals surface area contributed by atoms with E-state index >= 15 is 0 Å². The molecule has 1 atom stereocenters. The molecule has 6 heteroatoms. The molecular weight excluding hydrogens is 294 g/mol. The summed E-state index contributed by atoms with van der Waals surface area (Å²) in [5.41, 5.74) is 7.00. The highest BCUT2D eigenvalue weighted by Crippen LogP contribution is 2.25. The largest absolute Gasteiger partial charge is 0.481 e. The lowest BCUT2D eigenvalue weighted by Crippen LogP contribution is -2.21. The molecular formula is C15H18F2N2OS. The second-order valence-corrected chi connectivity index (χ2v) is 5.97. The Kier molecular flexibility index (Phi) is 5.25. The van der Waals surface area contributed by atoms with Gasteiger partial charge in [0.1, 0.15) is 6.61 Å². The Hall–Kier alpha value is -1.53. The summed E-state index contributed by atoms with van der Waals surface area (Å²) in [4.78, 5) is 4.19. The number of benzene rings is 1. The zero-order valence-electron chi connectivity index (χ0n) is 12.0. The third-order valence-electron chi connectivity index (χ3n) is 3.11. The normalized spacial score (nSPS) is 12.4. The van der Waals surface area contributed by atoms with Crippen LogP contribution in [0.25, 0.3) is 0 Å². The van der Waals surface area contributed by atoms with Gasteiger partial charge >= 0.3 is 0 Å². The van der Waals surface area contributed by atoms with E-state index in [1.807, 2.05) is 13.8 Å². The van der Waals surface area contributed by atoms with Gasteiger partial charge in [-0.15, -0.1) is 11.3 Å². The summed E-state index contributed by atoms with van der Waals surface area (Å²) >= 11 is 1.47. The Bertz CT molecular complexity index is 592. The molecule has 0 saturated heterocycles. The smallest absolute Gasteiger partial charge is 0.191 e. The van der Waals surface area contributed by atoms with E-state index in [9.17, 15) is 8.78 Å². The van der Waals surface area contributed by atoms with Crippen molar-refractivity contribution in [3.05, 3.63) is 45.4 Å². The molecule has 0 spiro atoms. The van der Waals surface area contributed by atoms with Gasteiger partial charge in [-0.05, 0) is 37.5 Å². The third kappa shape index (κ3) is 4.22. The summed E-state index contributed by atoms with van der Waals surface area (Å²) < 4.78 is 33.1. The molecule has 0 saturated carbocycles. The van der Waals surface area contributed by atoms with Crippen LogP contribution in [0, 0.1) is 18.6 Å². The van der Waals surface area contributed by atoms with E-state index in [2.05, 4.69) is 4.98 Å². The fourth-order valence-electron chi connectivity index (χ4n) is 1.94. The second-order valence-electron chi connectivity index (χ2n) is 4.91. The van der Waals surface area contributed by atoms with Gasteiger partial charge in [0.25, 0.3) is 0 Å². The fraction of sp³-hybridized carbons (Fsp3) is 0.400. The van der Waals surface area contributed by atoms with E-state index < -0.39 is 11.6 Å². The Labute approximate surface area is 126 Å². The number of thiazole rings is 1.